The normalized spacial score (nSPS) is 22.7. The summed E-state index contributed by atoms with van der Waals surface area (Å²) in [6.07, 6.45) is 8.27. The molecular weight excluding hydrogens is 942 g/mol. The lowest BCUT2D eigenvalue weighted by atomic mass is 9.33. The molecule has 1 fully saturated rings. The third-order valence-electron chi connectivity index (χ3n) is 21.3. The average molecular weight is 1030 g/mol. The molecule has 0 radical (unpaired) electrons. The van der Waals surface area contributed by atoms with Gasteiger partial charge >= 0.3 is 0 Å². The van der Waals surface area contributed by atoms with Crippen molar-refractivity contribution >= 4 is 68.6 Å². The van der Waals surface area contributed by atoms with Crippen LogP contribution in [0.15, 0.2) is 127 Å². The van der Waals surface area contributed by atoms with Crippen LogP contribution < -0.4 is 31.1 Å². The van der Waals surface area contributed by atoms with Crippen molar-refractivity contribution in [3.05, 3.63) is 172 Å². The second-order valence-corrected chi connectivity index (χ2v) is 30.4. The highest BCUT2D eigenvalue weighted by Crippen LogP contribution is 2.63. The van der Waals surface area contributed by atoms with E-state index >= 15 is 0 Å². The van der Waals surface area contributed by atoms with Crippen molar-refractivity contribution in [2.75, 3.05) is 14.7 Å². The first kappa shape index (κ1) is 51.4. The smallest absolute Gasteiger partial charge is 0.252 e. The number of nitrogens with zero attached hydrogens (tertiary/aromatic N) is 3. The number of para-hydroxylation sites is 1. The van der Waals surface area contributed by atoms with Gasteiger partial charge in [0.1, 0.15) is 0 Å². The third-order valence-corrected chi connectivity index (χ3v) is 21.3. The minimum absolute atomic E-state index is 0.000335. The summed E-state index contributed by atoms with van der Waals surface area (Å²) in [6, 6.07) is 51.8. The van der Waals surface area contributed by atoms with E-state index in [9.17, 15) is 0 Å². The molecule has 0 saturated heterocycles. The fourth-order valence-electron chi connectivity index (χ4n) is 16.7. The van der Waals surface area contributed by atoms with Gasteiger partial charge in [-0.2, -0.15) is 0 Å². The molecule has 2 unspecified atom stereocenters. The van der Waals surface area contributed by atoms with Crippen molar-refractivity contribution in [2.24, 2.45) is 0 Å². The molecule has 6 aliphatic rings. The Hall–Kier alpha value is -6.00. The lowest BCUT2D eigenvalue weighted by Crippen LogP contribution is -2.62. The Balaban J connectivity index is 1.21. The first-order valence-electron chi connectivity index (χ1n) is 29.9. The van der Waals surface area contributed by atoms with Crippen molar-refractivity contribution < 1.29 is 0 Å². The molecule has 0 aromatic heterocycles. The topological polar surface area (TPSA) is 9.72 Å². The van der Waals surface area contributed by atoms with Gasteiger partial charge in [0.15, 0.2) is 0 Å². The van der Waals surface area contributed by atoms with E-state index in [1.54, 1.807) is 0 Å². The van der Waals surface area contributed by atoms with Crippen LogP contribution in [0.4, 0.5) is 45.5 Å². The van der Waals surface area contributed by atoms with E-state index in [0.717, 1.165) is 12.8 Å². The Kier molecular flexibility index (Phi) is 10.9. The number of anilines is 8. The van der Waals surface area contributed by atoms with Gasteiger partial charge in [-0.15, -0.1) is 0 Å². The number of benzene rings is 7. The van der Waals surface area contributed by atoms with E-state index in [-0.39, 0.29) is 50.2 Å². The number of aryl methyl sites for hydroxylation is 1. The van der Waals surface area contributed by atoms with Gasteiger partial charge in [0, 0.05) is 50.8 Å². The van der Waals surface area contributed by atoms with Gasteiger partial charge in [-0.3, -0.25) is 0 Å². The maximum atomic E-state index is 2.85. The predicted octanol–water partition coefficient (Wildman–Crippen LogP) is 18.4. The van der Waals surface area contributed by atoms with Crippen molar-refractivity contribution in [1.29, 1.82) is 0 Å². The van der Waals surface area contributed by atoms with Crippen LogP contribution in [0.25, 0.3) is 11.1 Å². The standard InChI is InChI=1S/C74H86BN3/c1-46-37-53-55(70(10,11)36-35-69(53,8)9)43-61(46)77-62-39-49(68(5,6)7)29-31-57(62)75-58-42-54-56(72(14,15)45-71(54,12)13)44-63(58)76(59-32-30-48(67(2,3)4)38-51(59)47-25-19-18-20-26-47)64-40-50(41-65(77)66(64)75)78-60-28-22-21-27-52(60)73(16)33-23-24-34-74(73,78)17/h18-22,25-32,37-44H,23-24,33-36,45H2,1-17H3. The van der Waals surface area contributed by atoms with E-state index in [1.165, 1.54) is 150 Å². The average Bonchev–Trinajstić information content (AvgIpc) is 3.89. The molecule has 0 bridgehead atoms. The first-order valence-corrected chi connectivity index (χ1v) is 29.9. The molecule has 13 rings (SSSR count). The molecule has 78 heavy (non-hydrogen) atoms. The van der Waals surface area contributed by atoms with Crippen LogP contribution >= 0.6 is 0 Å². The quantitative estimate of drug-likeness (QED) is 0.163. The highest BCUT2D eigenvalue weighted by Gasteiger charge is 2.58. The van der Waals surface area contributed by atoms with Gasteiger partial charge < -0.3 is 14.7 Å². The second kappa shape index (κ2) is 16.5. The van der Waals surface area contributed by atoms with Crippen LogP contribution in [-0.2, 0) is 37.9 Å². The minimum Gasteiger partial charge on any atom is -0.334 e. The van der Waals surface area contributed by atoms with E-state index < -0.39 is 0 Å². The minimum atomic E-state index is -0.138. The Morgan fingerprint density at radius 2 is 0.962 bits per heavy atom. The molecule has 2 atom stereocenters. The fourth-order valence-corrected chi connectivity index (χ4v) is 16.7. The van der Waals surface area contributed by atoms with Crippen LogP contribution in [0.2, 0.25) is 0 Å². The molecule has 3 aliphatic carbocycles. The summed E-state index contributed by atoms with van der Waals surface area (Å²) < 4.78 is 0. The maximum absolute atomic E-state index is 2.85. The Morgan fingerprint density at radius 1 is 0.423 bits per heavy atom. The molecule has 3 heterocycles. The summed E-state index contributed by atoms with van der Waals surface area (Å²) >= 11 is 0. The Morgan fingerprint density at radius 3 is 1.63 bits per heavy atom. The number of fused-ring (bicyclic) bond motifs is 9. The van der Waals surface area contributed by atoms with E-state index in [2.05, 4.69) is 260 Å². The van der Waals surface area contributed by atoms with Crippen LogP contribution in [0.1, 0.15) is 200 Å². The van der Waals surface area contributed by atoms with Crippen LogP contribution in [0.5, 0.6) is 0 Å². The largest absolute Gasteiger partial charge is 0.334 e. The van der Waals surface area contributed by atoms with Crippen molar-refractivity contribution in [2.45, 2.75) is 206 Å². The molecule has 1 saturated carbocycles. The highest BCUT2D eigenvalue weighted by molar-refractivity contribution is 7.00. The van der Waals surface area contributed by atoms with E-state index in [4.69, 9.17) is 0 Å². The summed E-state index contributed by atoms with van der Waals surface area (Å²) in [5.74, 6) is 0. The zero-order valence-electron chi connectivity index (χ0n) is 50.5. The van der Waals surface area contributed by atoms with Crippen LogP contribution in [-0.4, -0.2) is 12.3 Å². The molecule has 0 N–H and O–H groups in total. The predicted molar refractivity (Wildman–Crippen MR) is 337 cm³/mol. The summed E-state index contributed by atoms with van der Waals surface area (Å²) in [5, 5.41) is 0. The van der Waals surface area contributed by atoms with Gasteiger partial charge in [-0.1, -0.05) is 196 Å². The second-order valence-electron chi connectivity index (χ2n) is 30.4. The zero-order chi connectivity index (χ0) is 55.2. The first-order chi connectivity index (χ1) is 36.6. The molecule has 7 aromatic rings. The van der Waals surface area contributed by atoms with Crippen molar-refractivity contribution in [3.63, 3.8) is 0 Å². The molecule has 3 nitrogen and oxygen atoms in total. The summed E-state index contributed by atoms with van der Waals surface area (Å²) in [5.41, 5.74) is 28.5. The van der Waals surface area contributed by atoms with Gasteiger partial charge in [-0.25, -0.2) is 0 Å². The van der Waals surface area contributed by atoms with E-state index in [0.29, 0.717) is 0 Å². The molecule has 4 heteroatoms. The van der Waals surface area contributed by atoms with Crippen LogP contribution in [0.3, 0.4) is 0 Å². The van der Waals surface area contributed by atoms with Gasteiger partial charge in [0.25, 0.3) is 6.71 Å². The maximum Gasteiger partial charge on any atom is 0.252 e. The van der Waals surface area contributed by atoms with Gasteiger partial charge in [0.2, 0.25) is 0 Å². The highest BCUT2D eigenvalue weighted by atomic mass is 15.3. The Bertz CT molecular complexity index is 3650. The number of hydrogen-bond acceptors (Lipinski definition) is 3. The lowest BCUT2D eigenvalue weighted by Gasteiger charge is -2.51. The number of hydrogen-bond donors (Lipinski definition) is 0. The molecular formula is C74H86BN3. The third kappa shape index (κ3) is 7.28. The van der Waals surface area contributed by atoms with Gasteiger partial charge in [0.05, 0.1) is 11.2 Å². The molecule has 0 amide bonds. The fraction of sp³-hybridized carbons (Fsp3) is 0.432. The zero-order valence-corrected chi connectivity index (χ0v) is 50.5. The van der Waals surface area contributed by atoms with Crippen LogP contribution in [0, 0.1) is 6.92 Å². The summed E-state index contributed by atoms with van der Waals surface area (Å²) in [6.45, 7) is 41.8. The summed E-state index contributed by atoms with van der Waals surface area (Å²) in [4.78, 5) is 8.40. The lowest BCUT2D eigenvalue weighted by molar-refractivity contribution is 0.195. The molecule has 400 valence electrons. The number of rotatable bonds is 4. The summed E-state index contributed by atoms with van der Waals surface area (Å²) in [7, 11) is 0. The van der Waals surface area contributed by atoms with E-state index in [1.807, 2.05) is 0 Å². The molecule has 3 aliphatic heterocycles. The molecule has 0 spiro atoms. The van der Waals surface area contributed by atoms with Gasteiger partial charge in [-0.05, 0) is 193 Å². The SMILES string of the molecule is Cc1cc2c(cc1N1c3cc(C(C)(C)C)ccc3B3c4cc5c(cc4N(c4ccc(C(C)(C)C)cc4-c4ccccc4)c4cc(N6c7ccccc7C7(C)CCCCC67C)cc1c43)C(C)(C)CC5(C)C)C(C)(C)CCC2(C)C. The molecule has 7 aromatic carbocycles. The monoisotopic (exact) mass is 1030 g/mol. The Labute approximate surface area is 470 Å². The van der Waals surface area contributed by atoms with Crippen molar-refractivity contribution in [3.8, 4) is 11.1 Å². The van der Waals surface area contributed by atoms with Crippen molar-refractivity contribution in [1.82, 2.24) is 0 Å².